The van der Waals surface area contributed by atoms with Gasteiger partial charge in [0.2, 0.25) is 0 Å². The van der Waals surface area contributed by atoms with Crippen LogP contribution >= 0.6 is 24.0 Å². The summed E-state index contributed by atoms with van der Waals surface area (Å²) in [7, 11) is 0. The van der Waals surface area contributed by atoms with E-state index >= 15 is 0 Å². The molecule has 1 aromatic heterocycles. The van der Waals surface area contributed by atoms with Crippen LogP contribution in [0.3, 0.4) is 0 Å². The second-order valence-corrected chi connectivity index (χ2v) is 4.06. The lowest BCUT2D eigenvalue weighted by Crippen LogP contribution is -1.82. The third kappa shape index (κ3) is 1.26. The number of hydrogen-bond donors (Lipinski definition) is 2. The van der Waals surface area contributed by atoms with Gasteiger partial charge in [0.15, 0.2) is 0 Å². The summed E-state index contributed by atoms with van der Waals surface area (Å²) in [5, 5.41) is 11.6. The Morgan fingerprint density at radius 2 is 2.23 bits per heavy atom. The first-order valence-electron chi connectivity index (χ1n) is 3.62. The Kier molecular flexibility index (Phi) is 1.91. The third-order valence-electron chi connectivity index (χ3n) is 1.84. The van der Waals surface area contributed by atoms with E-state index in [0.29, 0.717) is 10.5 Å². The molecule has 1 aromatic carbocycles. The summed E-state index contributed by atoms with van der Waals surface area (Å²) < 4.78 is 1.07. The number of benzene rings is 1. The van der Waals surface area contributed by atoms with Crippen LogP contribution in [0.2, 0.25) is 0 Å². The predicted octanol–water partition coefficient (Wildman–Crippen LogP) is 2.64. The van der Waals surface area contributed by atoms with Crippen molar-refractivity contribution in [3.05, 3.63) is 23.1 Å². The highest BCUT2D eigenvalue weighted by Gasteiger charge is 2.05. The van der Waals surface area contributed by atoms with Crippen molar-refractivity contribution in [3.8, 4) is 6.07 Å². The molecule has 0 spiro atoms. The van der Waals surface area contributed by atoms with E-state index in [9.17, 15) is 0 Å². The number of nitrogens with zero attached hydrogens (tertiary/aromatic N) is 1. The lowest BCUT2D eigenvalue weighted by molar-refractivity contribution is 1.41. The van der Waals surface area contributed by atoms with E-state index in [0.717, 1.165) is 15.8 Å². The molecule has 1 heterocycles. The van der Waals surface area contributed by atoms with E-state index in [4.69, 9.17) is 11.0 Å². The molecule has 0 bridgehead atoms. The largest absolute Gasteiger partial charge is 0.398 e. The van der Waals surface area contributed by atoms with Crippen LogP contribution in [0.5, 0.6) is 0 Å². The van der Waals surface area contributed by atoms with Crippen molar-refractivity contribution in [2.24, 2.45) is 0 Å². The maximum Gasteiger partial charge on any atom is 0.100 e. The van der Waals surface area contributed by atoms with Crippen LogP contribution in [-0.2, 0) is 0 Å². The molecule has 2 aromatic rings. The van der Waals surface area contributed by atoms with E-state index in [-0.39, 0.29) is 0 Å². The van der Waals surface area contributed by atoms with Crippen LogP contribution in [-0.4, -0.2) is 0 Å². The molecule has 64 valence electrons. The SMILES string of the molecule is N#Cc1cc2c(N)csc2cc1S. The standard InChI is InChI=1S/C9H6N2S2/c10-3-5-1-6-7(11)4-13-9(6)2-8(5)12/h1-2,4,12H,11H2. The van der Waals surface area contributed by atoms with E-state index in [1.807, 2.05) is 11.4 Å². The van der Waals surface area contributed by atoms with Gasteiger partial charge in [0.1, 0.15) is 6.07 Å². The number of thiol groups is 1. The van der Waals surface area contributed by atoms with Crippen LogP contribution in [0.25, 0.3) is 10.1 Å². The van der Waals surface area contributed by atoms with Crippen molar-refractivity contribution >= 4 is 39.7 Å². The minimum Gasteiger partial charge on any atom is -0.398 e. The molecule has 2 N–H and O–H groups in total. The number of thiophene rings is 1. The van der Waals surface area contributed by atoms with E-state index in [1.54, 1.807) is 17.4 Å². The van der Waals surface area contributed by atoms with Gasteiger partial charge in [-0.15, -0.1) is 24.0 Å². The zero-order valence-corrected chi connectivity index (χ0v) is 8.32. The monoisotopic (exact) mass is 206 g/mol. The summed E-state index contributed by atoms with van der Waals surface area (Å²) in [6, 6.07) is 5.73. The molecular weight excluding hydrogens is 200 g/mol. The lowest BCUT2D eigenvalue weighted by atomic mass is 10.2. The molecule has 0 radical (unpaired) electrons. The van der Waals surface area contributed by atoms with Crippen LogP contribution in [0.4, 0.5) is 5.69 Å². The fourth-order valence-electron chi connectivity index (χ4n) is 1.17. The van der Waals surface area contributed by atoms with Crippen LogP contribution in [0.1, 0.15) is 5.56 Å². The molecule has 4 heteroatoms. The number of hydrogen-bond acceptors (Lipinski definition) is 4. The molecule has 0 unspecified atom stereocenters. The molecule has 0 saturated heterocycles. The highest BCUT2D eigenvalue weighted by atomic mass is 32.1. The van der Waals surface area contributed by atoms with Gasteiger partial charge >= 0.3 is 0 Å². The number of fused-ring (bicyclic) bond motifs is 1. The summed E-state index contributed by atoms with van der Waals surface area (Å²) in [4.78, 5) is 0.705. The second-order valence-electron chi connectivity index (χ2n) is 2.67. The third-order valence-corrected chi connectivity index (χ3v) is 3.18. The van der Waals surface area contributed by atoms with Gasteiger partial charge in [-0.1, -0.05) is 0 Å². The van der Waals surface area contributed by atoms with Gasteiger partial charge in [-0.05, 0) is 12.1 Å². The zero-order chi connectivity index (χ0) is 9.42. The smallest absolute Gasteiger partial charge is 0.100 e. The van der Waals surface area contributed by atoms with Crippen LogP contribution in [0.15, 0.2) is 22.4 Å². The number of rotatable bonds is 0. The minimum absolute atomic E-state index is 0.570. The number of nitrogens with two attached hydrogens (primary N) is 1. The molecule has 0 aliphatic heterocycles. The highest BCUT2D eigenvalue weighted by molar-refractivity contribution is 7.80. The Bertz CT molecular complexity index is 508. The molecule has 13 heavy (non-hydrogen) atoms. The van der Waals surface area contributed by atoms with Gasteiger partial charge in [0.05, 0.1) is 11.3 Å². The molecule has 0 fully saturated rings. The maximum atomic E-state index is 8.77. The first-order valence-corrected chi connectivity index (χ1v) is 4.95. The average Bonchev–Trinajstić information content (AvgIpc) is 2.46. The van der Waals surface area contributed by atoms with Crippen molar-refractivity contribution in [1.29, 1.82) is 5.26 Å². The Morgan fingerprint density at radius 3 is 2.92 bits per heavy atom. The summed E-state index contributed by atoms with van der Waals surface area (Å²) in [5.74, 6) is 0. The van der Waals surface area contributed by atoms with E-state index in [2.05, 4.69) is 18.7 Å². The Hall–Kier alpha value is -1.18. The van der Waals surface area contributed by atoms with Gasteiger partial charge in [-0.2, -0.15) is 5.26 Å². The van der Waals surface area contributed by atoms with Gasteiger partial charge in [-0.25, -0.2) is 0 Å². The van der Waals surface area contributed by atoms with Crippen molar-refractivity contribution in [1.82, 2.24) is 0 Å². The molecule has 0 amide bonds. The minimum atomic E-state index is 0.570. The van der Waals surface area contributed by atoms with Gasteiger partial charge < -0.3 is 5.73 Å². The molecule has 0 aliphatic carbocycles. The van der Waals surface area contributed by atoms with Crippen molar-refractivity contribution < 1.29 is 0 Å². The number of nitrogen functional groups attached to an aromatic ring is 1. The summed E-state index contributed by atoms with van der Waals surface area (Å²) in [6.45, 7) is 0. The first kappa shape index (κ1) is 8.42. The Balaban J connectivity index is 2.86. The van der Waals surface area contributed by atoms with Crippen LogP contribution in [0, 0.1) is 11.3 Å². The maximum absolute atomic E-state index is 8.77. The molecule has 0 atom stereocenters. The van der Waals surface area contributed by atoms with E-state index < -0.39 is 0 Å². The number of anilines is 1. The first-order chi connectivity index (χ1) is 6.22. The fraction of sp³-hybridized carbons (Fsp3) is 0. The highest BCUT2D eigenvalue weighted by Crippen LogP contribution is 2.31. The van der Waals surface area contributed by atoms with Crippen molar-refractivity contribution in [3.63, 3.8) is 0 Å². The van der Waals surface area contributed by atoms with E-state index in [1.165, 1.54) is 0 Å². The van der Waals surface area contributed by atoms with Crippen LogP contribution < -0.4 is 5.73 Å². The lowest BCUT2D eigenvalue weighted by Gasteiger charge is -1.96. The molecule has 2 nitrogen and oxygen atoms in total. The number of nitriles is 1. The molecule has 2 rings (SSSR count). The van der Waals surface area contributed by atoms with Crippen molar-refractivity contribution in [2.45, 2.75) is 4.90 Å². The molecule has 0 saturated carbocycles. The van der Waals surface area contributed by atoms with Gasteiger partial charge in [0.25, 0.3) is 0 Å². The second kappa shape index (κ2) is 2.95. The Morgan fingerprint density at radius 1 is 1.46 bits per heavy atom. The fourth-order valence-corrected chi connectivity index (χ4v) is 2.37. The van der Waals surface area contributed by atoms with Crippen molar-refractivity contribution in [2.75, 3.05) is 5.73 Å². The zero-order valence-electron chi connectivity index (χ0n) is 6.61. The summed E-state index contributed by atoms with van der Waals surface area (Å²) >= 11 is 5.77. The van der Waals surface area contributed by atoms with Gasteiger partial charge in [0, 0.05) is 20.4 Å². The predicted molar refractivity (Wildman–Crippen MR) is 58.2 cm³/mol. The normalized spacial score (nSPS) is 10.2. The van der Waals surface area contributed by atoms with Gasteiger partial charge in [-0.3, -0.25) is 0 Å². The summed E-state index contributed by atoms with van der Waals surface area (Å²) in [5.41, 5.74) is 7.02. The molecule has 0 aliphatic rings. The quantitative estimate of drug-likeness (QED) is 0.651. The summed E-state index contributed by atoms with van der Waals surface area (Å²) in [6.07, 6.45) is 0. The molecular formula is C9H6N2S2. The average molecular weight is 206 g/mol. The Labute approximate surface area is 85.0 Å². The topological polar surface area (TPSA) is 49.8 Å².